The highest BCUT2D eigenvalue weighted by Gasteiger charge is 2.33. The number of nitrogens with one attached hydrogen (secondary N) is 2. The minimum atomic E-state index is -4.39. The van der Waals surface area contributed by atoms with E-state index < -0.39 is 11.9 Å². The van der Waals surface area contributed by atoms with Gasteiger partial charge in [-0.15, -0.1) is 35.3 Å². The second-order valence-electron chi connectivity index (χ2n) is 5.81. The molecule has 0 aliphatic carbocycles. The lowest BCUT2D eigenvalue weighted by atomic mass is 10.3. The van der Waals surface area contributed by atoms with E-state index in [1.165, 1.54) is 0 Å². The first-order valence-corrected chi connectivity index (χ1v) is 9.35. The van der Waals surface area contributed by atoms with E-state index in [1.54, 1.807) is 6.26 Å². The summed E-state index contributed by atoms with van der Waals surface area (Å²) < 4.78 is 43.0. The summed E-state index contributed by atoms with van der Waals surface area (Å²) in [4.78, 5) is 8.07. The van der Waals surface area contributed by atoms with Crippen LogP contribution in [0.2, 0.25) is 0 Å². The van der Waals surface area contributed by atoms with Gasteiger partial charge in [0, 0.05) is 37.4 Å². The fourth-order valence-electron chi connectivity index (χ4n) is 2.07. The van der Waals surface area contributed by atoms with Crippen LogP contribution in [0.15, 0.2) is 33.2 Å². The molecule has 1 unspecified atom stereocenters. The number of rotatable bonds is 8. The first kappa shape index (κ1) is 23.7. The van der Waals surface area contributed by atoms with Gasteiger partial charge in [-0.1, -0.05) is 6.92 Å². The summed E-state index contributed by atoms with van der Waals surface area (Å²) >= 11 is 1.01. The average molecular weight is 516 g/mol. The molecule has 2 N–H and O–H groups in total. The topological polar surface area (TPSA) is 62.5 Å². The molecule has 1 atom stereocenters. The third kappa shape index (κ3) is 8.50. The van der Waals surface area contributed by atoms with Crippen molar-refractivity contribution in [3.8, 4) is 0 Å². The number of thiazole rings is 1. The number of hydrogen-bond acceptors (Lipinski definition) is 4. The summed E-state index contributed by atoms with van der Waals surface area (Å²) in [6.45, 7) is 5.11. The van der Waals surface area contributed by atoms with Crippen molar-refractivity contribution in [1.29, 1.82) is 0 Å². The highest BCUT2D eigenvalue weighted by molar-refractivity contribution is 14.0. The maximum absolute atomic E-state index is 12.6. The molecule has 0 saturated heterocycles. The summed E-state index contributed by atoms with van der Waals surface area (Å²) in [5, 5.41) is 7.97. The molecule has 0 aromatic carbocycles. The van der Waals surface area contributed by atoms with Gasteiger partial charge in [0.25, 0.3) is 0 Å². The smallest absolute Gasteiger partial charge is 0.434 e. The van der Waals surface area contributed by atoms with Crippen molar-refractivity contribution < 1.29 is 17.6 Å². The summed E-state index contributed by atoms with van der Waals surface area (Å²) in [5.74, 6) is 1.52. The van der Waals surface area contributed by atoms with Crippen LogP contribution < -0.4 is 10.6 Å². The van der Waals surface area contributed by atoms with Gasteiger partial charge in [-0.3, -0.25) is 4.99 Å². The Kier molecular flexibility index (Phi) is 10.1. The largest absolute Gasteiger partial charge is 0.469 e. The number of halogens is 4. The number of nitrogens with zero attached hydrogens (tertiary/aromatic N) is 2. The zero-order valence-corrected chi connectivity index (χ0v) is 18.3. The molecule has 0 aliphatic heterocycles. The molecule has 2 heterocycles. The van der Waals surface area contributed by atoms with Crippen LogP contribution in [0.4, 0.5) is 13.2 Å². The summed E-state index contributed by atoms with van der Waals surface area (Å²) in [6, 6.07) is 3.98. The van der Waals surface area contributed by atoms with E-state index in [9.17, 15) is 13.2 Å². The fraction of sp³-hybridized carbons (Fsp3) is 0.529. The van der Waals surface area contributed by atoms with Gasteiger partial charge in [-0.25, -0.2) is 4.98 Å². The molecule has 27 heavy (non-hydrogen) atoms. The molecule has 10 heteroatoms. The second-order valence-corrected chi connectivity index (χ2v) is 6.76. The van der Waals surface area contributed by atoms with Gasteiger partial charge in [-0.05, 0) is 25.5 Å². The normalized spacial score (nSPS) is 13.1. The molecule has 0 spiro atoms. The van der Waals surface area contributed by atoms with E-state index in [2.05, 4.69) is 27.5 Å². The van der Waals surface area contributed by atoms with E-state index in [4.69, 9.17) is 4.42 Å². The summed E-state index contributed by atoms with van der Waals surface area (Å²) in [5.41, 5.74) is -0.837. The lowest BCUT2D eigenvalue weighted by molar-refractivity contribution is -0.140. The van der Waals surface area contributed by atoms with Crippen LogP contribution >= 0.6 is 35.3 Å². The molecular weight excluding hydrogens is 492 g/mol. The number of furan rings is 1. The zero-order valence-electron chi connectivity index (χ0n) is 15.2. The van der Waals surface area contributed by atoms with Crippen LogP contribution in [0.3, 0.4) is 0 Å². The van der Waals surface area contributed by atoms with E-state index in [1.807, 2.05) is 19.1 Å². The van der Waals surface area contributed by atoms with Crippen LogP contribution in [-0.4, -0.2) is 30.1 Å². The Hall–Kier alpha value is -1.30. The molecule has 5 nitrogen and oxygen atoms in total. The van der Waals surface area contributed by atoms with Crippen molar-refractivity contribution in [1.82, 2.24) is 15.6 Å². The molecule has 0 amide bonds. The van der Waals surface area contributed by atoms with Crippen molar-refractivity contribution in [2.75, 3.05) is 13.1 Å². The number of guanidine groups is 1. The van der Waals surface area contributed by atoms with E-state index in [-0.39, 0.29) is 30.0 Å². The Bertz CT molecular complexity index is 689. The monoisotopic (exact) mass is 516 g/mol. The Morgan fingerprint density at radius 2 is 2.15 bits per heavy atom. The van der Waals surface area contributed by atoms with Gasteiger partial charge in [-0.2, -0.15) is 13.2 Å². The minimum absolute atomic E-state index is 0. The molecule has 0 fully saturated rings. The quantitative estimate of drug-likeness (QED) is 0.309. The summed E-state index contributed by atoms with van der Waals surface area (Å²) in [7, 11) is 0. The molecule has 0 saturated carbocycles. The maximum Gasteiger partial charge on any atom is 0.434 e. The predicted octanol–water partition coefficient (Wildman–Crippen LogP) is 4.49. The molecule has 0 aliphatic rings. The Morgan fingerprint density at radius 3 is 2.74 bits per heavy atom. The van der Waals surface area contributed by atoms with Crippen molar-refractivity contribution >= 4 is 41.3 Å². The van der Waals surface area contributed by atoms with Gasteiger partial charge in [0.15, 0.2) is 11.7 Å². The van der Waals surface area contributed by atoms with Gasteiger partial charge >= 0.3 is 6.18 Å². The van der Waals surface area contributed by atoms with Crippen LogP contribution in [0.1, 0.15) is 36.7 Å². The maximum atomic E-state index is 12.6. The standard InChI is InChI=1S/C17H23F3N4OS.HI/c1-3-12(2)23-16(21-8-6-13-5-4-10-25-13)22-9-7-15-24-14(11-26-15)17(18,19)20;/h4-5,10-12H,3,6-9H2,1-2H3,(H2,21,22,23);1H. The third-order valence-electron chi connectivity index (χ3n) is 3.68. The Balaban J connectivity index is 0.00000364. The molecule has 2 aromatic rings. The fourth-order valence-corrected chi connectivity index (χ4v) is 2.86. The van der Waals surface area contributed by atoms with Crippen LogP contribution in [0, 0.1) is 0 Å². The lowest BCUT2D eigenvalue weighted by Gasteiger charge is -2.16. The van der Waals surface area contributed by atoms with E-state index in [0.717, 1.165) is 35.3 Å². The average Bonchev–Trinajstić information content (AvgIpc) is 3.25. The van der Waals surface area contributed by atoms with Crippen molar-refractivity contribution in [2.24, 2.45) is 4.99 Å². The molecular formula is C17H24F3IN4OS. The SMILES string of the molecule is CCC(C)NC(=NCCc1nc(C(F)(F)F)cs1)NCCc1ccco1.I. The lowest BCUT2D eigenvalue weighted by Crippen LogP contribution is -2.43. The molecule has 152 valence electrons. The van der Waals surface area contributed by atoms with Crippen LogP contribution in [0.5, 0.6) is 0 Å². The number of alkyl halides is 3. The predicted molar refractivity (Wildman–Crippen MR) is 112 cm³/mol. The first-order chi connectivity index (χ1) is 12.4. The van der Waals surface area contributed by atoms with Gasteiger partial charge < -0.3 is 15.1 Å². The zero-order chi connectivity index (χ0) is 19.0. The highest BCUT2D eigenvalue weighted by Crippen LogP contribution is 2.30. The van der Waals surface area contributed by atoms with Crippen LogP contribution in [-0.2, 0) is 19.0 Å². The van der Waals surface area contributed by atoms with Crippen molar-refractivity contribution in [3.05, 3.63) is 40.2 Å². The van der Waals surface area contributed by atoms with Crippen molar-refractivity contribution in [2.45, 2.75) is 45.3 Å². The Labute approximate surface area is 177 Å². The number of hydrogen-bond donors (Lipinski definition) is 2. The van der Waals surface area contributed by atoms with E-state index in [0.29, 0.717) is 30.5 Å². The Morgan fingerprint density at radius 1 is 1.37 bits per heavy atom. The highest BCUT2D eigenvalue weighted by atomic mass is 127. The van der Waals surface area contributed by atoms with E-state index >= 15 is 0 Å². The summed E-state index contributed by atoms with van der Waals surface area (Å²) in [6.07, 6.45) is -0.748. The van der Waals surface area contributed by atoms with Gasteiger partial charge in [0.05, 0.1) is 11.3 Å². The number of aromatic nitrogens is 1. The number of aliphatic imine (C=N–C) groups is 1. The molecule has 2 aromatic heterocycles. The molecule has 0 radical (unpaired) electrons. The first-order valence-electron chi connectivity index (χ1n) is 8.47. The molecule has 2 rings (SSSR count). The second kappa shape index (κ2) is 11.5. The van der Waals surface area contributed by atoms with Gasteiger partial charge in [0.1, 0.15) is 5.76 Å². The molecule has 0 bridgehead atoms. The van der Waals surface area contributed by atoms with Crippen LogP contribution in [0.25, 0.3) is 0 Å². The third-order valence-corrected chi connectivity index (χ3v) is 4.59. The van der Waals surface area contributed by atoms with Gasteiger partial charge in [0.2, 0.25) is 0 Å². The van der Waals surface area contributed by atoms with Crippen molar-refractivity contribution in [3.63, 3.8) is 0 Å². The minimum Gasteiger partial charge on any atom is -0.469 e.